The highest BCUT2D eigenvalue weighted by Crippen LogP contribution is 2.23. The molecule has 2 heterocycles. The van der Waals surface area contributed by atoms with Gasteiger partial charge in [0.1, 0.15) is 0 Å². The summed E-state index contributed by atoms with van der Waals surface area (Å²) in [5.74, 6) is 0.0443. The molecule has 0 amide bonds. The SMILES string of the molecule is CCCN(C1CCCNC1)C1CS(=O)(=O)CC1O. The summed E-state index contributed by atoms with van der Waals surface area (Å²) in [7, 11) is -3.06. The maximum absolute atomic E-state index is 11.6. The third-order valence-corrected chi connectivity index (χ3v) is 5.64. The van der Waals surface area contributed by atoms with Gasteiger partial charge in [0.25, 0.3) is 0 Å². The molecule has 5 nitrogen and oxygen atoms in total. The maximum atomic E-state index is 11.6. The molecular formula is C12H24N2O3S. The summed E-state index contributed by atoms with van der Waals surface area (Å²) in [6.07, 6.45) is 2.49. The topological polar surface area (TPSA) is 69.6 Å². The highest BCUT2D eigenvalue weighted by Gasteiger charge is 2.41. The van der Waals surface area contributed by atoms with E-state index in [4.69, 9.17) is 0 Å². The Morgan fingerprint density at radius 3 is 2.67 bits per heavy atom. The van der Waals surface area contributed by atoms with Crippen LogP contribution in [-0.4, -0.2) is 67.8 Å². The number of aliphatic hydroxyl groups is 1. The van der Waals surface area contributed by atoms with Crippen LogP contribution in [-0.2, 0) is 9.84 Å². The van der Waals surface area contributed by atoms with Crippen molar-refractivity contribution in [1.29, 1.82) is 0 Å². The number of rotatable bonds is 4. The Balaban J connectivity index is 2.09. The first-order chi connectivity index (χ1) is 8.53. The molecule has 2 aliphatic rings. The molecule has 2 fully saturated rings. The monoisotopic (exact) mass is 276 g/mol. The molecule has 3 unspecified atom stereocenters. The summed E-state index contributed by atoms with van der Waals surface area (Å²) in [5.41, 5.74) is 0. The van der Waals surface area contributed by atoms with Crippen LogP contribution >= 0.6 is 0 Å². The van der Waals surface area contributed by atoms with Crippen molar-refractivity contribution in [3.8, 4) is 0 Å². The minimum absolute atomic E-state index is 0.0714. The zero-order chi connectivity index (χ0) is 13.2. The van der Waals surface area contributed by atoms with E-state index in [9.17, 15) is 13.5 Å². The van der Waals surface area contributed by atoms with Crippen molar-refractivity contribution in [2.45, 2.75) is 44.4 Å². The van der Waals surface area contributed by atoms with Crippen molar-refractivity contribution in [1.82, 2.24) is 10.2 Å². The second-order valence-electron chi connectivity index (χ2n) is 5.45. The first-order valence-corrected chi connectivity index (χ1v) is 8.70. The molecule has 18 heavy (non-hydrogen) atoms. The van der Waals surface area contributed by atoms with Gasteiger partial charge in [-0.1, -0.05) is 6.92 Å². The molecule has 106 valence electrons. The van der Waals surface area contributed by atoms with Crippen LogP contribution in [0.1, 0.15) is 26.2 Å². The fraction of sp³-hybridized carbons (Fsp3) is 1.00. The van der Waals surface area contributed by atoms with Gasteiger partial charge in [0, 0.05) is 12.6 Å². The first-order valence-electron chi connectivity index (χ1n) is 6.88. The third-order valence-electron chi connectivity index (χ3n) is 3.94. The maximum Gasteiger partial charge on any atom is 0.154 e. The minimum atomic E-state index is -3.06. The van der Waals surface area contributed by atoms with Crippen LogP contribution in [0.25, 0.3) is 0 Å². The van der Waals surface area contributed by atoms with E-state index in [0.717, 1.165) is 38.9 Å². The molecule has 0 spiro atoms. The number of sulfone groups is 1. The molecule has 0 saturated carbocycles. The zero-order valence-corrected chi connectivity index (χ0v) is 11.8. The largest absolute Gasteiger partial charge is 0.390 e. The summed E-state index contributed by atoms with van der Waals surface area (Å²) in [6.45, 7) is 4.91. The predicted molar refractivity (Wildman–Crippen MR) is 71.3 cm³/mol. The lowest BCUT2D eigenvalue weighted by molar-refractivity contribution is 0.0451. The molecule has 0 aromatic heterocycles. The van der Waals surface area contributed by atoms with E-state index in [0.29, 0.717) is 6.04 Å². The normalized spacial score (nSPS) is 36.1. The molecule has 0 radical (unpaired) electrons. The van der Waals surface area contributed by atoms with Crippen molar-refractivity contribution >= 4 is 9.84 Å². The number of nitrogens with one attached hydrogen (secondary N) is 1. The molecule has 2 rings (SSSR count). The van der Waals surface area contributed by atoms with Crippen LogP contribution in [0.4, 0.5) is 0 Å². The van der Waals surface area contributed by atoms with Crippen LogP contribution in [0.3, 0.4) is 0 Å². The second kappa shape index (κ2) is 5.86. The molecule has 0 aromatic carbocycles. The van der Waals surface area contributed by atoms with E-state index < -0.39 is 15.9 Å². The average Bonchev–Trinajstić information content (AvgIpc) is 2.61. The Labute approximate surface area is 109 Å². The molecule has 2 saturated heterocycles. The van der Waals surface area contributed by atoms with Gasteiger partial charge in [0.15, 0.2) is 9.84 Å². The quantitative estimate of drug-likeness (QED) is 0.732. The number of hydrogen-bond donors (Lipinski definition) is 2. The van der Waals surface area contributed by atoms with Crippen LogP contribution < -0.4 is 5.32 Å². The molecule has 2 aliphatic heterocycles. The van der Waals surface area contributed by atoms with Gasteiger partial charge >= 0.3 is 0 Å². The van der Waals surface area contributed by atoms with E-state index in [1.807, 2.05) is 0 Å². The average molecular weight is 276 g/mol. The highest BCUT2D eigenvalue weighted by atomic mass is 32.2. The Kier molecular flexibility index (Phi) is 4.64. The number of hydrogen-bond acceptors (Lipinski definition) is 5. The van der Waals surface area contributed by atoms with Gasteiger partial charge in [-0.05, 0) is 32.4 Å². The summed E-state index contributed by atoms with van der Waals surface area (Å²) in [6, 6.07) is 0.159. The predicted octanol–water partition coefficient (Wildman–Crippen LogP) is -0.392. The van der Waals surface area contributed by atoms with Crippen molar-refractivity contribution in [3.63, 3.8) is 0 Å². The van der Waals surface area contributed by atoms with Crippen molar-refractivity contribution < 1.29 is 13.5 Å². The first kappa shape index (κ1) is 14.2. The van der Waals surface area contributed by atoms with E-state index in [2.05, 4.69) is 17.1 Å². The van der Waals surface area contributed by atoms with Gasteiger partial charge < -0.3 is 10.4 Å². The van der Waals surface area contributed by atoms with Gasteiger partial charge in [0.2, 0.25) is 0 Å². The number of nitrogens with zero attached hydrogens (tertiary/aromatic N) is 1. The lowest BCUT2D eigenvalue weighted by Gasteiger charge is -2.39. The van der Waals surface area contributed by atoms with Crippen LogP contribution in [0.5, 0.6) is 0 Å². The van der Waals surface area contributed by atoms with E-state index in [1.165, 1.54) is 0 Å². The van der Waals surface area contributed by atoms with Gasteiger partial charge in [-0.25, -0.2) is 8.42 Å². The fourth-order valence-electron chi connectivity index (χ4n) is 3.12. The molecule has 0 aromatic rings. The Bertz CT molecular complexity index is 366. The fourth-order valence-corrected chi connectivity index (χ4v) is 4.93. The van der Waals surface area contributed by atoms with E-state index >= 15 is 0 Å². The zero-order valence-electron chi connectivity index (χ0n) is 11.0. The van der Waals surface area contributed by atoms with Crippen LogP contribution in [0.15, 0.2) is 0 Å². The molecule has 0 aliphatic carbocycles. The van der Waals surface area contributed by atoms with Gasteiger partial charge in [-0.2, -0.15) is 0 Å². The molecule has 3 atom stereocenters. The Morgan fingerprint density at radius 2 is 2.17 bits per heavy atom. The molecule has 2 N–H and O–H groups in total. The Hall–Kier alpha value is -0.170. The molecular weight excluding hydrogens is 252 g/mol. The molecule has 6 heteroatoms. The summed E-state index contributed by atoms with van der Waals surface area (Å²) < 4.78 is 23.3. The molecule has 0 bridgehead atoms. The summed E-state index contributed by atoms with van der Waals surface area (Å²) >= 11 is 0. The van der Waals surface area contributed by atoms with Crippen molar-refractivity contribution in [3.05, 3.63) is 0 Å². The van der Waals surface area contributed by atoms with Gasteiger partial charge in [-0.15, -0.1) is 0 Å². The summed E-state index contributed by atoms with van der Waals surface area (Å²) in [4.78, 5) is 2.22. The highest BCUT2D eigenvalue weighted by molar-refractivity contribution is 7.91. The standard InChI is InChI=1S/C12H24N2O3S/c1-2-6-14(10-4-3-5-13-7-10)11-8-18(16,17)9-12(11)15/h10-13,15H,2-9H2,1H3. The lowest BCUT2D eigenvalue weighted by Crippen LogP contribution is -2.54. The van der Waals surface area contributed by atoms with E-state index in [1.54, 1.807) is 0 Å². The van der Waals surface area contributed by atoms with Crippen LogP contribution in [0, 0.1) is 0 Å². The third kappa shape index (κ3) is 3.23. The second-order valence-corrected chi connectivity index (χ2v) is 7.60. The van der Waals surface area contributed by atoms with Gasteiger partial charge in [0.05, 0.1) is 23.7 Å². The van der Waals surface area contributed by atoms with Crippen LogP contribution in [0.2, 0.25) is 0 Å². The number of piperidine rings is 1. The number of aliphatic hydroxyl groups excluding tert-OH is 1. The van der Waals surface area contributed by atoms with Crippen molar-refractivity contribution in [2.75, 3.05) is 31.1 Å². The minimum Gasteiger partial charge on any atom is -0.390 e. The lowest BCUT2D eigenvalue weighted by atomic mass is 10.0. The van der Waals surface area contributed by atoms with E-state index in [-0.39, 0.29) is 17.5 Å². The summed E-state index contributed by atoms with van der Waals surface area (Å²) in [5, 5.41) is 13.4. The smallest absolute Gasteiger partial charge is 0.154 e. The Morgan fingerprint density at radius 1 is 1.39 bits per heavy atom. The van der Waals surface area contributed by atoms with Crippen molar-refractivity contribution in [2.24, 2.45) is 0 Å². The van der Waals surface area contributed by atoms with Gasteiger partial charge in [-0.3, -0.25) is 4.90 Å².